The van der Waals surface area contributed by atoms with E-state index in [0.717, 1.165) is 61.2 Å². The Kier molecular flexibility index (Phi) is 6.60. The Morgan fingerprint density at radius 1 is 1.11 bits per heavy atom. The van der Waals surface area contributed by atoms with Crippen molar-refractivity contribution in [1.82, 2.24) is 9.88 Å². The quantitative estimate of drug-likeness (QED) is 0.413. The van der Waals surface area contributed by atoms with Crippen molar-refractivity contribution < 1.29 is 14.6 Å². The summed E-state index contributed by atoms with van der Waals surface area (Å²) in [5, 5.41) is 18.1. The number of nitrogens with one attached hydrogen (secondary N) is 2. The van der Waals surface area contributed by atoms with Gasteiger partial charge in [-0.25, -0.2) is 0 Å². The van der Waals surface area contributed by atoms with Gasteiger partial charge < -0.3 is 25.0 Å². The summed E-state index contributed by atoms with van der Waals surface area (Å²) < 4.78 is 8.01. The largest absolute Gasteiger partial charge is 0.493 e. The molecule has 1 aromatic heterocycles. The Morgan fingerprint density at radius 3 is 2.51 bits per heavy atom. The van der Waals surface area contributed by atoms with Crippen LogP contribution in [0.5, 0.6) is 5.75 Å². The lowest BCUT2D eigenvalue weighted by molar-refractivity contribution is 0.0139. The molecular weight excluding hydrogens is 438 g/mol. The molecule has 2 aliphatic rings. The van der Waals surface area contributed by atoms with E-state index < -0.39 is 5.60 Å². The van der Waals surface area contributed by atoms with Gasteiger partial charge in [0.15, 0.2) is 0 Å². The third-order valence-electron chi connectivity index (χ3n) is 7.78. The number of rotatable bonds is 8. The second-order valence-corrected chi connectivity index (χ2v) is 10.7. The van der Waals surface area contributed by atoms with Crippen LogP contribution in [-0.4, -0.2) is 33.8 Å². The van der Waals surface area contributed by atoms with Crippen molar-refractivity contribution in [2.24, 2.45) is 13.0 Å². The van der Waals surface area contributed by atoms with E-state index in [9.17, 15) is 9.90 Å². The maximum Gasteiger partial charge on any atom is 0.255 e. The van der Waals surface area contributed by atoms with E-state index in [1.54, 1.807) is 0 Å². The van der Waals surface area contributed by atoms with Crippen LogP contribution in [0.15, 0.2) is 42.5 Å². The standard InChI is InChI=1S/C29H37N3O3/c1-19-25-16-23(31-28(33)21-6-9-24(10-7-21)35-18-20-4-5-20)8-11-26(25)32(3)27(19)17-30-22-12-14-29(2,34)15-13-22/h6-11,16,20,22,30,34H,4-5,12-15,17-18H2,1-3H3,(H,31,33)/t22-,29+. The van der Waals surface area contributed by atoms with Crippen LogP contribution >= 0.6 is 0 Å². The monoisotopic (exact) mass is 475 g/mol. The summed E-state index contributed by atoms with van der Waals surface area (Å²) in [4.78, 5) is 12.8. The lowest BCUT2D eigenvalue weighted by atomic mass is 9.83. The van der Waals surface area contributed by atoms with E-state index in [0.29, 0.717) is 17.5 Å². The first-order valence-corrected chi connectivity index (χ1v) is 12.9. The van der Waals surface area contributed by atoms with Crippen LogP contribution in [-0.2, 0) is 13.6 Å². The van der Waals surface area contributed by atoms with Crippen molar-refractivity contribution in [1.29, 1.82) is 0 Å². The Labute approximate surface area is 207 Å². The van der Waals surface area contributed by atoms with Gasteiger partial charge in [-0.2, -0.15) is 0 Å². The molecule has 186 valence electrons. The first kappa shape index (κ1) is 23.9. The number of hydrogen-bond donors (Lipinski definition) is 3. The molecule has 3 aromatic rings. The first-order valence-electron chi connectivity index (χ1n) is 12.9. The fourth-order valence-electron chi connectivity index (χ4n) is 5.10. The van der Waals surface area contributed by atoms with Gasteiger partial charge in [-0.1, -0.05) is 0 Å². The molecule has 0 saturated heterocycles. The van der Waals surface area contributed by atoms with Gasteiger partial charge in [0.2, 0.25) is 0 Å². The molecule has 0 aliphatic heterocycles. The van der Waals surface area contributed by atoms with Gasteiger partial charge in [0.1, 0.15) is 5.75 Å². The smallest absolute Gasteiger partial charge is 0.255 e. The highest BCUT2D eigenvalue weighted by molar-refractivity contribution is 6.05. The van der Waals surface area contributed by atoms with E-state index in [-0.39, 0.29) is 5.91 Å². The third kappa shape index (κ3) is 5.54. The lowest BCUT2D eigenvalue weighted by Crippen LogP contribution is -2.39. The van der Waals surface area contributed by atoms with Crippen molar-refractivity contribution in [2.75, 3.05) is 11.9 Å². The summed E-state index contributed by atoms with van der Waals surface area (Å²) in [6, 6.07) is 13.9. The van der Waals surface area contributed by atoms with Gasteiger partial charge >= 0.3 is 0 Å². The van der Waals surface area contributed by atoms with Crippen molar-refractivity contribution >= 4 is 22.5 Å². The average Bonchev–Trinajstić information content (AvgIpc) is 3.65. The van der Waals surface area contributed by atoms with Crippen LogP contribution in [0.1, 0.15) is 67.1 Å². The predicted molar refractivity (Wildman–Crippen MR) is 140 cm³/mol. The molecule has 1 heterocycles. The minimum atomic E-state index is -0.513. The average molecular weight is 476 g/mol. The summed E-state index contributed by atoms with van der Waals surface area (Å²) in [5.74, 6) is 1.40. The minimum absolute atomic E-state index is 0.123. The number of aryl methyl sites for hydroxylation is 2. The van der Waals surface area contributed by atoms with Crippen molar-refractivity contribution in [2.45, 2.75) is 70.6 Å². The molecule has 0 bridgehead atoms. The van der Waals surface area contributed by atoms with Crippen LogP contribution in [0, 0.1) is 12.8 Å². The molecule has 1 amide bonds. The van der Waals surface area contributed by atoms with Crippen LogP contribution in [0.4, 0.5) is 5.69 Å². The highest BCUT2D eigenvalue weighted by Gasteiger charge is 2.28. The number of carbonyl (C=O) groups is 1. The number of aromatic nitrogens is 1. The molecule has 2 aromatic carbocycles. The normalized spacial score (nSPS) is 22.3. The molecule has 6 nitrogen and oxygen atoms in total. The molecule has 3 N–H and O–H groups in total. The molecule has 35 heavy (non-hydrogen) atoms. The third-order valence-corrected chi connectivity index (χ3v) is 7.78. The maximum atomic E-state index is 12.8. The fraction of sp³-hybridized carbons (Fsp3) is 0.483. The van der Waals surface area contributed by atoms with E-state index in [2.05, 4.69) is 41.3 Å². The lowest BCUT2D eigenvalue weighted by Gasteiger charge is -2.33. The van der Waals surface area contributed by atoms with Gasteiger partial charge in [0, 0.05) is 47.5 Å². The molecule has 0 atom stereocenters. The van der Waals surface area contributed by atoms with Crippen LogP contribution in [0.3, 0.4) is 0 Å². The van der Waals surface area contributed by atoms with Crippen molar-refractivity contribution in [3.8, 4) is 5.75 Å². The number of carbonyl (C=O) groups excluding carboxylic acids is 1. The summed E-state index contributed by atoms with van der Waals surface area (Å²) in [6.07, 6.45) is 6.21. The summed E-state index contributed by atoms with van der Waals surface area (Å²) >= 11 is 0. The minimum Gasteiger partial charge on any atom is -0.493 e. The number of anilines is 1. The SMILES string of the molecule is Cc1c(CN[C@H]2CC[C@@](C)(O)CC2)n(C)c2ccc(NC(=O)c3ccc(OCC4CC4)cc3)cc12. The Hall–Kier alpha value is -2.83. The van der Waals surface area contributed by atoms with E-state index in [4.69, 9.17) is 4.74 Å². The predicted octanol–water partition coefficient (Wildman–Crippen LogP) is 5.31. The zero-order chi connectivity index (χ0) is 24.6. The van der Waals surface area contributed by atoms with Gasteiger partial charge in [0.05, 0.1) is 12.2 Å². The Balaban J connectivity index is 1.24. The van der Waals surface area contributed by atoms with Gasteiger partial charge in [-0.3, -0.25) is 4.79 Å². The van der Waals surface area contributed by atoms with Gasteiger partial charge in [0.25, 0.3) is 5.91 Å². The maximum absolute atomic E-state index is 12.8. The fourth-order valence-corrected chi connectivity index (χ4v) is 5.10. The number of amides is 1. The second kappa shape index (κ2) is 9.67. The Morgan fingerprint density at radius 2 is 1.83 bits per heavy atom. The van der Waals surface area contributed by atoms with E-state index in [1.165, 1.54) is 24.1 Å². The van der Waals surface area contributed by atoms with Crippen molar-refractivity contribution in [3.63, 3.8) is 0 Å². The molecule has 0 spiro atoms. The molecule has 6 heteroatoms. The highest BCUT2D eigenvalue weighted by Crippen LogP contribution is 2.31. The number of fused-ring (bicyclic) bond motifs is 1. The summed E-state index contributed by atoms with van der Waals surface area (Å²) in [5.41, 5.74) is 4.53. The molecule has 2 aliphatic carbocycles. The van der Waals surface area contributed by atoms with Gasteiger partial charge in [-0.05, 0) is 106 Å². The molecule has 2 saturated carbocycles. The number of hydrogen-bond acceptors (Lipinski definition) is 4. The van der Waals surface area contributed by atoms with Crippen LogP contribution < -0.4 is 15.4 Å². The first-order chi connectivity index (χ1) is 16.8. The number of benzene rings is 2. The van der Waals surface area contributed by atoms with E-state index >= 15 is 0 Å². The van der Waals surface area contributed by atoms with Crippen molar-refractivity contribution in [3.05, 3.63) is 59.3 Å². The zero-order valence-electron chi connectivity index (χ0n) is 21.1. The molecule has 2 fully saturated rings. The zero-order valence-corrected chi connectivity index (χ0v) is 21.1. The van der Waals surface area contributed by atoms with Crippen LogP contribution in [0.2, 0.25) is 0 Å². The van der Waals surface area contributed by atoms with Crippen LogP contribution in [0.25, 0.3) is 10.9 Å². The molecule has 0 radical (unpaired) electrons. The molecular formula is C29H37N3O3. The molecule has 0 unspecified atom stereocenters. The summed E-state index contributed by atoms with van der Waals surface area (Å²) in [7, 11) is 2.10. The second-order valence-electron chi connectivity index (χ2n) is 10.7. The number of ether oxygens (including phenoxy) is 1. The summed E-state index contributed by atoms with van der Waals surface area (Å²) in [6.45, 7) is 5.65. The highest BCUT2D eigenvalue weighted by atomic mass is 16.5. The number of nitrogens with zero attached hydrogens (tertiary/aromatic N) is 1. The van der Waals surface area contributed by atoms with Gasteiger partial charge in [-0.15, -0.1) is 0 Å². The van der Waals surface area contributed by atoms with E-state index in [1.807, 2.05) is 37.3 Å². The Bertz CT molecular complexity index is 1200. The molecule has 5 rings (SSSR count). The topological polar surface area (TPSA) is 75.5 Å². The number of aliphatic hydroxyl groups is 1.